The average molecular weight is 316 g/mol. The summed E-state index contributed by atoms with van der Waals surface area (Å²) in [4.78, 5) is 4.36. The number of hydrogen-bond acceptors (Lipinski definition) is 1. The summed E-state index contributed by atoms with van der Waals surface area (Å²) in [6.07, 6.45) is 1.90. The van der Waals surface area contributed by atoms with Crippen molar-refractivity contribution < 1.29 is 17.1 Å². The predicted molar refractivity (Wildman–Crippen MR) is 82.9 cm³/mol. The molecular formula is C18H16FeN2. The summed E-state index contributed by atoms with van der Waals surface area (Å²) >= 11 is 0. The zero-order valence-electron chi connectivity index (χ0n) is 11.5. The van der Waals surface area contributed by atoms with E-state index >= 15 is 0 Å². The van der Waals surface area contributed by atoms with Crippen LogP contribution in [-0.2, 0) is 23.6 Å². The van der Waals surface area contributed by atoms with Crippen LogP contribution in [-0.4, -0.2) is 9.55 Å². The Morgan fingerprint density at radius 2 is 1.71 bits per heavy atom. The summed E-state index contributed by atoms with van der Waals surface area (Å²) in [6.45, 7) is 0.896. The number of imidazole rings is 1. The molecule has 0 bridgehead atoms. The minimum absolute atomic E-state index is 0. The summed E-state index contributed by atoms with van der Waals surface area (Å²) in [6, 6.07) is 26.6. The second kappa shape index (κ2) is 7.63. The van der Waals surface area contributed by atoms with E-state index in [0.717, 1.165) is 12.1 Å². The molecule has 0 atom stereocenters. The molecule has 106 valence electrons. The number of hydrogen-bond donors (Lipinski definition) is 0. The monoisotopic (exact) mass is 316 g/mol. The maximum Gasteiger partial charge on any atom is 2.00 e. The Morgan fingerprint density at radius 3 is 2.38 bits per heavy atom. The van der Waals surface area contributed by atoms with E-state index in [9.17, 15) is 0 Å². The molecule has 4 aromatic rings. The molecule has 0 aliphatic heterocycles. The molecule has 21 heavy (non-hydrogen) atoms. The van der Waals surface area contributed by atoms with Crippen molar-refractivity contribution in [3.05, 3.63) is 90.8 Å². The molecule has 1 aromatic heterocycles. The van der Waals surface area contributed by atoms with Crippen molar-refractivity contribution in [2.24, 2.45) is 0 Å². The van der Waals surface area contributed by atoms with Gasteiger partial charge in [0.1, 0.15) is 0 Å². The Bertz CT molecular complexity index is 719. The molecule has 0 fully saturated rings. The van der Waals surface area contributed by atoms with Crippen LogP contribution in [0.2, 0.25) is 0 Å². The van der Waals surface area contributed by atoms with E-state index < -0.39 is 0 Å². The van der Waals surface area contributed by atoms with E-state index in [-0.39, 0.29) is 17.1 Å². The van der Waals surface area contributed by atoms with Gasteiger partial charge in [0.2, 0.25) is 0 Å². The third-order valence-electron chi connectivity index (χ3n) is 3.17. The van der Waals surface area contributed by atoms with E-state index in [1.807, 2.05) is 54.9 Å². The van der Waals surface area contributed by atoms with Crippen LogP contribution in [0, 0.1) is 0 Å². The second-order valence-electron chi connectivity index (χ2n) is 4.62. The smallest absolute Gasteiger partial charge is 0.328 e. The van der Waals surface area contributed by atoms with E-state index in [2.05, 4.69) is 39.9 Å². The first kappa shape index (κ1) is 15.3. The SMILES string of the molecule is [Fe+2].c1c[cH-]c(Cn2cnc3ccccc32)c1.c1cc[cH-]c1. The van der Waals surface area contributed by atoms with Gasteiger partial charge in [-0.3, -0.25) is 0 Å². The van der Waals surface area contributed by atoms with E-state index in [1.54, 1.807) is 0 Å². The molecule has 3 aromatic carbocycles. The molecule has 4 rings (SSSR count). The number of nitrogens with zero attached hydrogens (tertiary/aromatic N) is 2. The first-order chi connectivity index (χ1) is 9.93. The van der Waals surface area contributed by atoms with Crippen molar-refractivity contribution in [2.75, 3.05) is 0 Å². The maximum absolute atomic E-state index is 4.36. The quantitative estimate of drug-likeness (QED) is 0.400. The van der Waals surface area contributed by atoms with Crippen molar-refractivity contribution in [3.8, 4) is 0 Å². The van der Waals surface area contributed by atoms with Gasteiger partial charge in [0, 0.05) is 6.54 Å². The topological polar surface area (TPSA) is 17.8 Å². The fraction of sp³-hybridized carbons (Fsp3) is 0.0556. The van der Waals surface area contributed by atoms with E-state index in [4.69, 9.17) is 0 Å². The van der Waals surface area contributed by atoms with Gasteiger partial charge < -0.3 is 4.57 Å². The molecule has 0 N–H and O–H groups in total. The van der Waals surface area contributed by atoms with Gasteiger partial charge in [0.25, 0.3) is 0 Å². The Labute approximate surface area is 135 Å². The summed E-state index contributed by atoms with van der Waals surface area (Å²) in [5, 5.41) is 0. The molecule has 0 aliphatic carbocycles. The Balaban J connectivity index is 0.000000231. The Hall–Kier alpha value is -2.09. The fourth-order valence-electron chi connectivity index (χ4n) is 2.17. The number of para-hydroxylation sites is 2. The normalized spacial score (nSPS) is 9.71. The molecular weight excluding hydrogens is 300 g/mol. The second-order valence-corrected chi connectivity index (χ2v) is 4.62. The Kier molecular flexibility index (Phi) is 5.56. The van der Waals surface area contributed by atoms with Crippen LogP contribution < -0.4 is 0 Å². The number of fused-ring (bicyclic) bond motifs is 1. The number of aromatic nitrogens is 2. The molecule has 2 nitrogen and oxygen atoms in total. The van der Waals surface area contributed by atoms with Gasteiger partial charge in [0.15, 0.2) is 0 Å². The molecule has 0 saturated carbocycles. The molecule has 0 unspecified atom stereocenters. The standard InChI is InChI=1S/C13H11N2.C5H5.Fe/c1-2-6-11(5-1)9-15-10-14-12-7-3-4-8-13(12)15;1-2-4-5-3-1;/h1-8,10H,9H2;1-5H;/q2*-1;+2. The summed E-state index contributed by atoms with van der Waals surface area (Å²) in [7, 11) is 0. The molecule has 1 heterocycles. The summed E-state index contributed by atoms with van der Waals surface area (Å²) < 4.78 is 2.17. The van der Waals surface area contributed by atoms with Crippen molar-refractivity contribution in [1.29, 1.82) is 0 Å². The maximum atomic E-state index is 4.36. The van der Waals surface area contributed by atoms with Gasteiger partial charge in [-0.15, -0.1) is 5.56 Å². The minimum Gasteiger partial charge on any atom is -0.328 e. The predicted octanol–water partition coefficient (Wildman–Crippen LogP) is 4.21. The summed E-state index contributed by atoms with van der Waals surface area (Å²) in [5.74, 6) is 0. The van der Waals surface area contributed by atoms with Gasteiger partial charge in [-0.1, -0.05) is 12.1 Å². The molecule has 0 aliphatic rings. The number of rotatable bonds is 2. The first-order valence-corrected chi connectivity index (χ1v) is 6.70. The third-order valence-corrected chi connectivity index (χ3v) is 3.17. The van der Waals surface area contributed by atoms with Crippen LogP contribution >= 0.6 is 0 Å². The van der Waals surface area contributed by atoms with E-state index in [0.29, 0.717) is 0 Å². The average Bonchev–Trinajstić information content (AvgIpc) is 3.24. The van der Waals surface area contributed by atoms with E-state index in [1.165, 1.54) is 11.1 Å². The van der Waals surface area contributed by atoms with Crippen LogP contribution in [0.25, 0.3) is 11.0 Å². The van der Waals surface area contributed by atoms with Crippen LogP contribution in [0.5, 0.6) is 0 Å². The molecule has 3 heteroatoms. The van der Waals surface area contributed by atoms with Gasteiger partial charge in [-0.2, -0.15) is 30.3 Å². The third kappa shape index (κ3) is 3.94. The largest absolute Gasteiger partial charge is 2.00 e. The zero-order valence-corrected chi connectivity index (χ0v) is 12.6. The molecule has 0 radical (unpaired) electrons. The molecule has 0 amide bonds. The molecule has 0 saturated heterocycles. The van der Waals surface area contributed by atoms with Crippen LogP contribution in [0.3, 0.4) is 0 Å². The van der Waals surface area contributed by atoms with Crippen LogP contribution in [0.15, 0.2) is 85.2 Å². The first-order valence-electron chi connectivity index (χ1n) is 6.70. The van der Waals surface area contributed by atoms with Gasteiger partial charge in [-0.25, -0.2) is 29.2 Å². The van der Waals surface area contributed by atoms with Crippen LogP contribution in [0.4, 0.5) is 0 Å². The van der Waals surface area contributed by atoms with Crippen LogP contribution in [0.1, 0.15) is 5.56 Å². The van der Waals surface area contributed by atoms with Crippen molar-refractivity contribution in [2.45, 2.75) is 6.54 Å². The van der Waals surface area contributed by atoms with Crippen molar-refractivity contribution in [3.63, 3.8) is 0 Å². The van der Waals surface area contributed by atoms with Gasteiger partial charge in [0.05, 0.1) is 17.4 Å². The van der Waals surface area contributed by atoms with Gasteiger partial charge in [-0.05, 0) is 12.1 Å². The number of benzene rings is 1. The fourth-order valence-corrected chi connectivity index (χ4v) is 2.17. The minimum atomic E-state index is 0. The van der Waals surface area contributed by atoms with Crippen molar-refractivity contribution in [1.82, 2.24) is 9.55 Å². The Morgan fingerprint density at radius 1 is 0.905 bits per heavy atom. The summed E-state index contributed by atoms with van der Waals surface area (Å²) in [5.41, 5.74) is 3.57. The van der Waals surface area contributed by atoms with Gasteiger partial charge >= 0.3 is 17.1 Å². The van der Waals surface area contributed by atoms with Crippen molar-refractivity contribution >= 4 is 11.0 Å². The zero-order chi connectivity index (χ0) is 13.6. The molecule has 0 spiro atoms.